The molecule has 3 aliphatic heterocycles. The lowest BCUT2D eigenvalue weighted by molar-refractivity contribution is -0.0604. The van der Waals surface area contributed by atoms with E-state index in [-0.39, 0.29) is 0 Å². The molecule has 1 spiro atoms. The Morgan fingerprint density at radius 2 is 1.36 bits per heavy atom. The maximum atomic E-state index is 11.0. The molecule has 1 saturated carbocycles. The van der Waals surface area contributed by atoms with E-state index in [9.17, 15) is 10.5 Å². The lowest BCUT2D eigenvalue weighted by Crippen LogP contribution is -2.78. The Kier molecular flexibility index (Phi) is 5.68. The smallest absolute Gasteiger partial charge is 0.135 e. The van der Waals surface area contributed by atoms with Crippen molar-refractivity contribution < 1.29 is 0 Å². The number of piperidine rings is 2. The van der Waals surface area contributed by atoms with Crippen LogP contribution in [0.1, 0.15) is 36.8 Å². The van der Waals surface area contributed by atoms with Crippen LogP contribution < -0.4 is 0 Å². The zero-order valence-corrected chi connectivity index (χ0v) is 21.3. The van der Waals surface area contributed by atoms with Gasteiger partial charge in [-0.15, -0.1) is 0 Å². The van der Waals surface area contributed by atoms with E-state index < -0.39 is 16.2 Å². The minimum atomic E-state index is -0.892. The Labute approximate surface area is 218 Å². The second-order valence-corrected chi connectivity index (χ2v) is 11.2. The Morgan fingerprint density at radius 1 is 0.806 bits per heavy atom. The normalized spacial score (nSPS) is 29.3. The third kappa shape index (κ3) is 3.20. The summed E-state index contributed by atoms with van der Waals surface area (Å²) in [5.41, 5.74) is 0.168. The molecule has 7 heteroatoms. The molecule has 0 radical (unpaired) electrons. The number of hydrogen-bond donors (Lipinski definition) is 0. The number of nitrogens with zero attached hydrogens (tertiary/aromatic N) is 6. The van der Waals surface area contributed by atoms with E-state index in [0.717, 1.165) is 38.1 Å². The van der Waals surface area contributed by atoms with Gasteiger partial charge in [0, 0.05) is 31.6 Å². The zero-order valence-electron chi connectivity index (χ0n) is 20.4. The fourth-order valence-corrected chi connectivity index (χ4v) is 7.83. The first-order valence-electron chi connectivity index (χ1n) is 12.8. The van der Waals surface area contributed by atoms with E-state index in [1.165, 1.54) is 11.1 Å². The van der Waals surface area contributed by atoms with Gasteiger partial charge < -0.3 is 4.90 Å². The first kappa shape index (κ1) is 23.3. The van der Waals surface area contributed by atoms with Gasteiger partial charge in [0.15, 0.2) is 0 Å². The van der Waals surface area contributed by atoms with Crippen molar-refractivity contribution in [1.82, 2.24) is 14.7 Å². The van der Waals surface area contributed by atoms with Crippen LogP contribution in [0.5, 0.6) is 0 Å². The molecule has 6 rings (SSSR count). The van der Waals surface area contributed by atoms with Crippen molar-refractivity contribution in [2.45, 2.75) is 38.8 Å². The summed E-state index contributed by atoms with van der Waals surface area (Å²) in [5, 5.41) is 21.9. The molecule has 0 aromatic heterocycles. The van der Waals surface area contributed by atoms with Gasteiger partial charge in [-0.2, -0.15) is 10.5 Å². The predicted octanol–water partition coefficient (Wildman–Crippen LogP) is 4.55. The molecule has 2 atom stereocenters. The summed E-state index contributed by atoms with van der Waals surface area (Å²) in [7, 11) is 0. The molecule has 3 heterocycles. The second kappa shape index (κ2) is 8.78. The standard InChI is InChI=1S/C29H30N6S/c30-17-27-19-33(15-23-9-3-1-4-10-23)20-28(18-31,29(27)13-7-8-14-29)26(36)35-22-34(21-32-25(27)35)16-24-11-5-2-6-12-24/h1-6,9-12H,7-8,13-16,19-22H2/t27-,28-/m1/s1. The summed E-state index contributed by atoms with van der Waals surface area (Å²) in [5.74, 6) is 0.796. The predicted molar refractivity (Wildman–Crippen MR) is 142 cm³/mol. The molecule has 2 aromatic carbocycles. The molecule has 0 unspecified atom stereocenters. The van der Waals surface area contributed by atoms with Crippen molar-refractivity contribution >= 4 is 23.0 Å². The van der Waals surface area contributed by atoms with Crippen LogP contribution >= 0.6 is 12.2 Å². The van der Waals surface area contributed by atoms with Gasteiger partial charge in [-0.05, 0) is 24.0 Å². The highest BCUT2D eigenvalue weighted by Gasteiger charge is 2.76. The third-order valence-electron chi connectivity index (χ3n) is 8.90. The molecule has 1 aliphatic carbocycles. The number of amidine groups is 1. The zero-order chi connectivity index (χ0) is 24.8. The SMILES string of the molecule is N#C[C@@]12CN(Cc3ccccc3)C[C@](C#N)(C3=NCN(Cc4ccccc4)CN3C1=S)C21CCCC1. The first-order valence-corrected chi connectivity index (χ1v) is 13.2. The van der Waals surface area contributed by atoms with Crippen molar-refractivity contribution in [2.75, 3.05) is 26.4 Å². The van der Waals surface area contributed by atoms with Gasteiger partial charge >= 0.3 is 0 Å². The number of aliphatic imine (C=N–C) groups is 1. The number of hydrogen-bond acceptors (Lipinski definition) is 6. The van der Waals surface area contributed by atoms with Crippen LogP contribution in [0.4, 0.5) is 0 Å². The van der Waals surface area contributed by atoms with Gasteiger partial charge in [0.25, 0.3) is 0 Å². The molecule has 2 bridgehead atoms. The van der Waals surface area contributed by atoms with Crippen LogP contribution in [0, 0.1) is 38.9 Å². The molecule has 182 valence electrons. The Balaban J connectivity index is 1.43. The minimum Gasteiger partial charge on any atom is -0.308 e. The van der Waals surface area contributed by atoms with Crippen molar-refractivity contribution in [2.24, 2.45) is 21.2 Å². The van der Waals surface area contributed by atoms with E-state index in [1.54, 1.807) is 0 Å². The minimum absolute atomic E-state index is 0.481. The van der Waals surface area contributed by atoms with Gasteiger partial charge in [0.05, 0.1) is 25.5 Å². The highest BCUT2D eigenvalue weighted by Crippen LogP contribution is 2.68. The number of likely N-dealkylation sites (tertiary alicyclic amines) is 1. The summed E-state index contributed by atoms with van der Waals surface area (Å²) in [4.78, 5) is 12.3. The summed E-state index contributed by atoms with van der Waals surface area (Å²) in [6.45, 7) is 3.68. The molecule has 36 heavy (non-hydrogen) atoms. The number of rotatable bonds is 4. The Hall–Kier alpha value is -3.10. The van der Waals surface area contributed by atoms with E-state index in [4.69, 9.17) is 17.2 Å². The topological polar surface area (TPSA) is 69.7 Å². The molecule has 2 aromatic rings. The molecule has 3 fully saturated rings. The van der Waals surface area contributed by atoms with Crippen LogP contribution in [-0.4, -0.2) is 52.0 Å². The summed E-state index contributed by atoms with van der Waals surface area (Å²) in [6.07, 6.45) is 3.77. The van der Waals surface area contributed by atoms with Crippen LogP contribution in [-0.2, 0) is 13.1 Å². The van der Waals surface area contributed by atoms with Gasteiger partial charge in [-0.3, -0.25) is 14.8 Å². The maximum Gasteiger partial charge on any atom is 0.135 e. The van der Waals surface area contributed by atoms with Crippen molar-refractivity contribution in [1.29, 1.82) is 10.5 Å². The van der Waals surface area contributed by atoms with Gasteiger partial charge in [-0.25, -0.2) is 0 Å². The second-order valence-electron chi connectivity index (χ2n) is 10.8. The molecule has 0 amide bonds. The summed E-state index contributed by atoms with van der Waals surface area (Å²) >= 11 is 6.22. The first-order chi connectivity index (χ1) is 17.6. The summed E-state index contributed by atoms with van der Waals surface area (Å²) < 4.78 is 0. The van der Waals surface area contributed by atoms with E-state index in [1.807, 2.05) is 36.4 Å². The molecule has 4 aliphatic rings. The van der Waals surface area contributed by atoms with Crippen molar-refractivity contribution in [3.8, 4) is 12.1 Å². The van der Waals surface area contributed by atoms with Gasteiger partial charge in [-0.1, -0.05) is 85.7 Å². The van der Waals surface area contributed by atoms with Crippen molar-refractivity contribution in [3.63, 3.8) is 0 Å². The third-order valence-corrected chi connectivity index (χ3v) is 9.47. The Morgan fingerprint density at radius 3 is 1.94 bits per heavy atom. The van der Waals surface area contributed by atoms with Crippen LogP contribution in [0.25, 0.3) is 0 Å². The fourth-order valence-electron chi connectivity index (χ4n) is 7.38. The van der Waals surface area contributed by atoms with Gasteiger partial charge in [0.2, 0.25) is 0 Å². The van der Waals surface area contributed by atoms with Crippen LogP contribution in [0.2, 0.25) is 0 Å². The molecular formula is C29H30N6S. The monoisotopic (exact) mass is 494 g/mol. The number of benzene rings is 2. The van der Waals surface area contributed by atoms with Crippen LogP contribution in [0.15, 0.2) is 65.7 Å². The number of nitriles is 2. The largest absolute Gasteiger partial charge is 0.308 e. The van der Waals surface area contributed by atoms with E-state index in [0.29, 0.717) is 38.0 Å². The van der Waals surface area contributed by atoms with Crippen LogP contribution in [0.3, 0.4) is 0 Å². The molecular weight excluding hydrogens is 464 g/mol. The molecule has 2 saturated heterocycles. The number of fused-ring (bicyclic) bond motifs is 2. The van der Waals surface area contributed by atoms with Gasteiger partial charge in [0.1, 0.15) is 21.7 Å². The lowest BCUT2D eigenvalue weighted by Gasteiger charge is -2.66. The molecule has 6 nitrogen and oxygen atoms in total. The highest BCUT2D eigenvalue weighted by molar-refractivity contribution is 7.80. The van der Waals surface area contributed by atoms with E-state index in [2.05, 4.69) is 51.1 Å². The maximum absolute atomic E-state index is 11.0. The average Bonchev–Trinajstić information content (AvgIpc) is 3.41. The van der Waals surface area contributed by atoms with Crippen molar-refractivity contribution in [3.05, 3.63) is 71.8 Å². The molecule has 0 N–H and O–H groups in total. The quantitative estimate of drug-likeness (QED) is 0.581. The highest BCUT2D eigenvalue weighted by atomic mass is 32.1. The summed E-state index contributed by atoms with van der Waals surface area (Å²) in [6, 6.07) is 26.2. The Bertz CT molecular complexity index is 1270. The lowest BCUT2D eigenvalue weighted by atomic mass is 9.45. The number of thiocarbonyl (C=S) groups is 1. The fraction of sp³-hybridized carbons (Fsp3) is 0.448. The average molecular weight is 495 g/mol. The van der Waals surface area contributed by atoms with E-state index >= 15 is 0 Å².